The van der Waals surface area contributed by atoms with E-state index in [9.17, 15) is 0 Å². The molecular formula is C69H67Cl3SiTi. The Morgan fingerprint density at radius 1 is 0.284 bits per heavy atom. The van der Waals surface area contributed by atoms with Crippen molar-refractivity contribution in [2.24, 2.45) is 5.92 Å². The van der Waals surface area contributed by atoms with Crippen LogP contribution in [-0.4, -0.2) is 5.94 Å². The molecule has 0 nitrogen and oxygen atoms in total. The fraction of sp³-hybridized carbons (Fsp3) is 0.159. The van der Waals surface area contributed by atoms with Gasteiger partial charge in [0, 0.05) is 0 Å². The van der Waals surface area contributed by atoms with E-state index in [1.165, 1.54) is 132 Å². The van der Waals surface area contributed by atoms with Crippen LogP contribution in [0.4, 0.5) is 0 Å². The van der Waals surface area contributed by atoms with Crippen molar-refractivity contribution < 1.29 is 18.4 Å². The molecular weight excluding hydrogens is 1010 g/mol. The molecule has 1 atom stereocenters. The van der Waals surface area contributed by atoms with E-state index < -0.39 is 24.3 Å². The van der Waals surface area contributed by atoms with E-state index in [-0.39, 0.29) is 37.2 Å². The Bertz CT molecular complexity index is 3080. The summed E-state index contributed by atoms with van der Waals surface area (Å²) in [7, 11) is 0. The minimum absolute atomic E-state index is 0. The predicted molar refractivity (Wildman–Crippen MR) is 327 cm³/mol. The standard InChI is InChI=1S/C60H51Si.C9H13.3ClH.Ti/c1-40-13-7-19-46(25-40)52-31-53(47-20-8-14-41(2)26-47)35-58(34-52)61(59-36-54(48-21-9-15-42(3)27-48)32-55(37-59)49-22-10-16-43(4)28-49)60-38-56(50-23-11-17-44(5)29-50)33-57(39-60)51-24-12-18-45(6)30-51;1-6-5-7(2)9(4)8(6)3;;;;/h7-39H,1-6H3;6H,1-4H3;3*1H;. The van der Waals surface area contributed by atoms with Gasteiger partial charge in [0.15, 0.2) is 0 Å². The Hall–Kier alpha value is -5.74. The maximum absolute atomic E-state index is 3.16. The molecule has 1 unspecified atom stereocenters. The van der Waals surface area contributed by atoms with Crippen molar-refractivity contribution in [2.45, 2.75) is 69.2 Å². The van der Waals surface area contributed by atoms with Crippen molar-refractivity contribution >= 4 is 58.7 Å². The van der Waals surface area contributed by atoms with Gasteiger partial charge in [0.2, 0.25) is 0 Å². The first-order chi connectivity index (χ1) is 34.2. The summed E-state index contributed by atoms with van der Waals surface area (Å²) in [5.41, 5.74) is 27.2. The molecule has 9 aromatic rings. The van der Waals surface area contributed by atoms with Gasteiger partial charge in [-0.15, -0.1) is 37.2 Å². The number of allylic oxidation sites excluding steroid dienone is 4. The van der Waals surface area contributed by atoms with Gasteiger partial charge < -0.3 is 0 Å². The zero-order chi connectivity index (χ0) is 49.6. The molecule has 0 radical (unpaired) electrons. The normalized spacial score (nSPS) is 13.2. The largest absolute Gasteiger partial charge is 0.147 e. The van der Waals surface area contributed by atoms with Crippen molar-refractivity contribution in [3.63, 3.8) is 0 Å². The van der Waals surface area contributed by atoms with Gasteiger partial charge in [0.1, 0.15) is 0 Å². The van der Waals surface area contributed by atoms with E-state index >= 15 is 0 Å². The van der Waals surface area contributed by atoms with E-state index in [4.69, 9.17) is 0 Å². The number of hydrogen-bond donors (Lipinski definition) is 0. The summed E-state index contributed by atoms with van der Waals surface area (Å²) in [6.45, 7) is 23.0. The summed E-state index contributed by atoms with van der Waals surface area (Å²) in [6.07, 6.45) is 0. The fourth-order valence-electron chi connectivity index (χ4n) is 11.0. The number of hydrogen-bond acceptors (Lipinski definition) is 0. The van der Waals surface area contributed by atoms with Crippen molar-refractivity contribution in [2.75, 3.05) is 0 Å². The van der Waals surface area contributed by atoms with Crippen LogP contribution >= 0.6 is 37.2 Å². The number of rotatable bonds is 11. The molecule has 9 aromatic carbocycles. The SMILES string of the molecule is CC1=C(C)C(C)[C]([Ti][Si](c2cc(-c3cccc(C)c3)cc(-c3cccc(C)c3)c2)(c2cc(-c3cccc(C)c3)cc(-c3cccc(C)c3)c2)c2cc(-c3cccc(C)c3)cc(-c3cccc(C)c3)c2)=C1C.Cl.Cl.Cl. The van der Waals surface area contributed by atoms with Crippen molar-refractivity contribution in [3.8, 4) is 66.8 Å². The molecule has 1 aliphatic rings. The third kappa shape index (κ3) is 11.4. The molecule has 0 N–H and O–H groups in total. The summed E-state index contributed by atoms with van der Waals surface area (Å²) in [6, 6.07) is 78.1. The van der Waals surface area contributed by atoms with E-state index in [0.717, 1.165) is 0 Å². The van der Waals surface area contributed by atoms with Crippen LogP contribution in [0.2, 0.25) is 0 Å². The zero-order valence-electron chi connectivity index (χ0n) is 44.4. The molecule has 0 aromatic heterocycles. The second kappa shape index (κ2) is 23.4. The Balaban J connectivity index is 0.00000267. The van der Waals surface area contributed by atoms with Gasteiger partial charge in [-0.25, -0.2) is 0 Å². The van der Waals surface area contributed by atoms with Crippen LogP contribution in [-0.2, 0) is 18.4 Å². The molecule has 5 heteroatoms. The number of halogens is 3. The molecule has 10 rings (SSSR count). The van der Waals surface area contributed by atoms with Gasteiger partial charge >= 0.3 is 436 Å². The molecule has 1 aliphatic carbocycles. The third-order valence-electron chi connectivity index (χ3n) is 15.2. The Morgan fingerprint density at radius 2 is 0.514 bits per heavy atom. The maximum Gasteiger partial charge on any atom is -0.147 e. The Labute approximate surface area is 469 Å². The number of aryl methyl sites for hydroxylation is 6. The average Bonchev–Trinajstić information content (AvgIpc) is 3.55. The Kier molecular flexibility index (Phi) is 17.7. The van der Waals surface area contributed by atoms with Crippen LogP contribution in [0, 0.1) is 47.5 Å². The van der Waals surface area contributed by atoms with Crippen LogP contribution in [0.3, 0.4) is 0 Å². The van der Waals surface area contributed by atoms with Crippen LogP contribution in [0.1, 0.15) is 61.1 Å². The van der Waals surface area contributed by atoms with Gasteiger partial charge in [0.25, 0.3) is 0 Å². The topological polar surface area (TPSA) is 0 Å². The first-order valence-electron chi connectivity index (χ1n) is 25.3. The molecule has 372 valence electrons. The first-order valence-corrected chi connectivity index (χ1v) is 30.4. The maximum atomic E-state index is 2.64. The summed E-state index contributed by atoms with van der Waals surface area (Å²) in [5.74, 6) is -2.79. The first kappa shape index (κ1) is 56.0. The van der Waals surface area contributed by atoms with Crippen LogP contribution < -0.4 is 15.6 Å². The average molecular weight is 1080 g/mol. The fourth-order valence-corrected chi connectivity index (χ4v) is 23.9. The summed E-state index contributed by atoms with van der Waals surface area (Å²) < 4.78 is 1.68. The van der Waals surface area contributed by atoms with E-state index in [0.29, 0.717) is 5.92 Å². The molecule has 0 heterocycles. The van der Waals surface area contributed by atoms with Gasteiger partial charge in [-0.1, -0.05) is 0 Å². The third-order valence-corrected chi connectivity index (χ3v) is 27.6. The summed E-state index contributed by atoms with van der Waals surface area (Å²) in [5, 5.41) is 4.41. The molecule has 0 spiro atoms. The van der Waals surface area contributed by atoms with Gasteiger partial charge in [-0.05, 0) is 0 Å². The second-order valence-corrected chi connectivity index (χ2v) is 29.6. The predicted octanol–water partition coefficient (Wildman–Crippen LogP) is 18.1. The van der Waals surface area contributed by atoms with Crippen molar-refractivity contribution in [1.82, 2.24) is 0 Å². The van der Waals surface area contributed by atoms with Gasteiger partial charge in [0.05, 0.1) is 0 Å². The summed E-state index contributed by atoms with van der Waals surface area (Å²) >= 11 is -0.991. The smallest absolute Gasteiger partial charge is 0.147 e. The van der Waals surface area contributed by atoms with Crippen molar-refractivity contribution in [3.05, 3.63) is 254 Å². The van der Waals surface area contributed by atoms with E-state index in [1.807, 2.05) is 0 Å². The van der Waals surface area contributed by atoms with Gasteiger partial charge in [-0.2, -0.15) is 0 Å². The summed E-state index contributed by atoms with van der Waals surface area (Å²) in [4.78, 5) is 0. The molecule has 0 fully saturated rings. The van der Waals surface area contributed by atoms with E-state index in [2.05, 4.69) is 269 Å². The monoisotopic (exact) mass is 1080 g/mol. The number of benzene rings is 9. The zero-order valence-corrected chi connectivity index (χ0v) is 49.4. The van der Waals surface area contributed by atoms with Crippen molar-refractivity contribution in [1.29, 1.82) is 0 Å². The van der Waals surface area contributed by atoms with Crippen LogP contribution in [0.15, 0.2) is 221 Å². The van der Waals surface area contributed by atoms with Crippen LogP contribution in [0.5, 0.6) is 0 Å². The van der Waals surface area contributed by atoms with E-state index in [1.54, 1.807) is 3.88 Å². The Morgan fingerprint density at radius 3 is 0.703 bits per heavy atom. The molecule has 0 bridgehead atoms. The van der Waals surface area contributed by atoms with Crippen LogP contribution in [0.25, 0.3) is 66.8 Å². The second-order valence-electron chi connectivity index (χ2n) is 20.6. The molecule has 0 saturated carbocycles. The molecule has 0 amide bonds. The minimum Gasteiger partial charge on any atom is -0.147 e. The van der Waals surface area contributed by atoms with Gasteiger partial charge in [-0.3, -0.25) is 0 Å². The molecule has 0 saturated heterocycles. The molecule has 74 heavy (non-hydrogen) atoms. The minimum atomic E-state index is -3.16. The quantitative estimate of drug-likeness (QED) is 0.0894. The molecule has 0 aliphatic heterocycles.